The van der Waals surface area contributed by atoms with Crippen molar-refractivity contribution >= 4 is 17.5 Å². The van der Waals surface area contributed by atoms with Crippen LogP contribution in [0.1, 0.15) is 30.7 Å². The van der Waals surface area contributed by atoms with Crippen LogP contribution in [0.15, 0.2) is 35.2 Å². The number of hydrogen-bond acceptors (Lipinski definition) is 6. The number of likely N-dealkylation sites (N-methyl/N-ethyl adjacent to an activating group) is 1. The van der Waals surface area contributed by atoms with Crippen LogP contribution < -0.4 is 5.32 Å². The van der Waals surface area contributed by atoms with Gasteiger partial charge < -0.3 is 9.84 Å². The molecule has 1 fully saturated rings. The highest BCUT2D eigenvalue weighted by atomic mass is 35.5. The average Bonchev–Trinajstić information content (AvgIpc) is 3.25. The predicted molar refractivity (Wildman–Crippen MR) is 93.5 cm³/mol. The maximum absolute atomic E-state index is 11.5. The Morgan fingerprint density at radius 2 is 2.23 bits per heavy atom. The van der Waals surface area contributed by atoms with Gasteiger partial charge in [-0.05, 0) is 24.5 Å². The Bertz CT molecular complexity index is 929. The van der Waals surface area contributed by atoms with Crippen LogP contribution in [-0.4, -0.2) is 37.9 Å². The molecule has 4 rings (SSSR count). The Morgan fingerprint density at radius 3 is 2.88 bits per heavy atom. The third-order valence-electron chi connectivity index (χ3n) is 4.81. The van der Waals surface area contributed by atoms with Crippen LogP contribution in [0.5, 0.6) is 0 Å². The standard InChI is InChI=1S/C17H17ClN6O2/c1-19-14(25)10-24-9-11(7-21-24)15-22-16(23-26-15)17(5-2-6-17)12-3-4-13(18)20-8-12/h3-4,7-9H,2,5-6,10H2,1H3,(H,19,25). The lowest BCUT2D eigenvalue weighted by Gasteiger charge is -2.39. The summed E-state index contributed by atoms with van der Waals surface area (Å²) in [5, 5.41) is 11.4. The van der Waals surface area contributed by atoms with Crippen molar-refractivity contribution in [3.63, 3.8) is 0 Å². The van der Waals surface area contributed by atoms with Gasteiger partial charge in [-0.15, -0.1) is 0 Å². The molecule has 0 bridgehead atoms. The monoisotopic (exact) mass is 372 g/mol. The summed E-state index contributed by atoms with van der Waals surface area (Å²) < 4.78 is 6.99. The van der Waals surface area contributed by atoms with Gasteiger partial charge in [0.15, 0.2) is 5.82 Å². The summed E-state index contributed by atoms with van der Waals surface area (Å²) in [4.78, 5) is 20.2. The zero-order valence-corrected chi connectivity index (χ0v) is 14.9. The summed E-state index contributed by atoms with van der Waals surface area (Å²) in [6.45, 7) is 0.137. The summed E-state index contributed by atoms with van der Waals surface area (Å²) in [6.07, 6.45) is 8.06. The molecule has 9 heteroatoms. The molecule has 1 saturated carbocycles. The number of pyridine rings is 1. The first-order valence-corrected chi connectivity index (χ1v) is 8.68. The minimum absolute atomic E-state index is 0.130. The average molecular weight is 373 g/mol. The smallest absolute Gasteiger partial charge is 0.261 e. The highest BCUT2D eigenvalue weighted by Gasteiger charge is 2.44. The fourth-order valence-electron chi connectivity index (χ4n) is 3.15. The van der Waals surface area contributed by atoms with Gasteiger partial charge in [-0.25, -0.2) is 4.98 Å². The van der Waals surface area contributed by atoms with Gasteiger partial charge in [0, 0.05) is 19.4 Å². The highest BCUT2D eigenvalue weighted by Crippen LogP contribution is 2.48. The number of carbonyl (C=O) groups excluding carboxylic acids is 1. The zero-order chi connectivity index (χ0) is 18.1. The maximum Gasteiger partial charge on any atom is 0.261 e. The minimum Gasteiger partial charge on any atom is -0.358 e. The number of nitrogens with zero attached hydrogens (tertiary/aromatic N) is 5. The molecule has 0 aromatic carbocycles. The molecule has 0 aliphatic heterocycles. The first kappa shape index (κ1) is 16.7. The van der Waals surface area contributed by atoms with Gasteiger partial charge in [0.05, 0.1) is 17.2 Å². The first-order valence-electron chi connectivity index (χ1n) is 8.30. The molecule has 134 valence electrons. The molecule has 3 aromatic rings. The van der Waals surface area contributed by atoms with E-state index in [4.69, 9.17) is 16.1 Å². The van der Waals surface area contributed by atoms with Crippen molar-refractivity contribution in [2.75, 3.05) is 7.05 Å². The molecule has 0 spiro atoms. The molecule has 0 saturated heterocycles. The number of aromatic nitrogens is 5. The molecule has 3 heterocycles. The van der Waals surface area contributed by atoms with Crippen molar-refractivity contribution in [2.24, 2.45) is 0 Å². The van der Waals surface area contributed by atoms with Crippen LogP contribution in [0.25, 0.3) is 11.5 Å². The second-order valence-electron chi connectivity index (χ2n) is 6.33. The van der Waals surface area contributed by atoms with Crippen LogP contribution >= 0.6 is 11.6 Å². The molecule has 0 radical (unpaired) electrons. The van der Waals surface area contributed by atoms with E-state index in [9.17, 15) is 4.79 Å². The van der Waals surface area contributed by atoms with Crippen molar-refractivity contribution < 1.29 is 9.32 Å². The molecule has 1 amide bonds. The fraction of sp³-hybridized carbons (Fsp3) is 0.353. The fourth-order valence-corrected chi connectivity index (χ4v) is 3.26. The van der Waals surface area contributed by atoms with Crippen LogP contribution in [0.2, 0.25) is 5.15 Å². The molecule has 26 heavy (non-hydrogen) atoms. The number of nitrogens with one attached hydrogen (secondary N) is 1. The van der Waals surface area contributed by atoms with E-state index in [0.29, 0.717) is 22.4 Å². The van der Waals surface area contributed by atoms with Crippen molar-refractivity contribution in [3.05, 3.63) is 47.3 Å². The summed E-state index contributed by atoms with van der Waals surface area (Å²) in [5.41, 5.74) is 1.43. The molecule has 1 aliphatic carbocycles. The van der Waals surface area contributed by atoms with E-state index in [1.54, 1.807) is 31.7 Å². The molecular formula is C17H17ClN6O2. The third kappa shape index (κ3) is 2.86. The topological polar surface area (TPSA) is 98.7 Å². The van der Waals surface area contributed by atoms with Crippen molar-refractivity contribution in [1.29, 1.82) is 0 Å². The Labute approximate surface area is 154 Å². The molecule has 1 N–H and O–H groups in total. The lowest BCUT2D eigenvalue weighted by molar-refractivity contribution is -0.121. The number of carbonyl (C=O) groups is 1. The third-order valence-corrected chi connectivity index (χ3v) is 5.03. The molecule has 1 aliphatic rings. The lowest BCUT2D eigenvalue weighted by atomic mass is 9.64. The Hall–Kier alpha value is -2.74. The normalized spacial score (nSPS) is 15.5. The number of rotatable bonds is 5. The van der Waals surface area contributed by atoms with E-state index in [0.717, 1.165) is 24.8 Å². The van der Waals surface area contributed by atoms with Crippen LogP contribution in [-0.2, 0) is 16.8 Å². The van der Waals surface area contributed by atoms with Gasteiger partial charge in [0.25, 0.3) is 5.89 Å². The second kappa shape index (κ2) is 6.53. The van der Waals surface area contributed by atoms with E-state index < -0.39 is 0 Å². The van der Waals surface area contributed by atoms with Gasteiger partial charge in [-0.3, -0.25) is 9.48 Å². The highest BCUT2D eigenvalue weighted by molar-refractivity contribution is 6.29. The number of hydrogen-bond donors (Lipinski definition) is 1. The Morgan fingerprint density at radius 1 is 1.38 bits per heavy atom. The van der Waals surface area contributed by atoms with Crippen molar-refractivity contribution in [2.45, 2.75) is 31.2 Å². The predicted octanol–water partition coefficient (Wildman–Crippen LogP) is 2.20. The molecular weight excluding hydrogens is 356 g/mol. The summed E-state index contributed by atoms with van der Waals surface area (Å²) in [6, 6.07) is 3.74. The largest absolute Gasteiger partial charge is 0.358 e. The number of amides is 1. The van der Waals surface area contributed by atoms with Gasteiger partial charge >= 0.3 is 0 Å². The zero-order valence-electron chi connectivity index (χ0n) is 14.1. The summed E-state index contributed by atoms with van der Waals surface area (Å²) in [5.74, 6) is 0.896. The van der Waals surface area contributed by atoms with Crippen LogP contribution in [0, 0.1) is 0 Å². The van der Waals surface area contributed by atoms with Gasteiger partial charge in [0.1, 0.15) is 11.7 Å². The van der Waals surface area contributed by atoms with Gasteiger partial charge in [-0.1, -0.05) is 29.2 Å². The molecule has 8 nitrogen and oxygen atoms in total. The molecule has 0 unspecified atom stereocenters. The first-order chi connectivity index (χ1) is 12.6. The Kier molecular flexibility index (Phi) is 4.20. The maximum atomic E-state index is 11.5. The van der Waals surface area contributed by atoms with E-state index in [1.807, 2.05) is 6.07 Å². The van der Waals surface area contributed by atoms with Crippen molar-refractivity contribution in [3.8, 4) is 11.5 Å². The van der Waals surface area contributed by atoms with Gasteiger partial charge in [0.2, 0.25) is 5.91 Å². The van der Waals surface area contributed by atoms with Gasteiger partial charge in [-0.2, -0.15) is 10.1 Å². The molecule has 0 atom stereocenters. The summed E-state index contributed by atoms with van der Waals surface area (Å²) >= 11 is 5.90. The van der Waals surface area contributed by atoms with Crippen molar-refractivity contribution in [1.82, 2.24) is 30.2 Å². The summed E-state index contributed by atoms with van der Waals surface area (Å²) in [7, 11) is 1.58. The number of halogens is 1. The van der Waals surface area contributed by atoms with Crippen LogP contribution in [0.3, 0.4) is 0 Å². The lowest BCUT2D eigenvalue weighted by Crippen LogP contribution is -2.36. The second-order valence-corrected chi connectivity index (χ2v) is 6.72. The SMILES string of the molecule is CNC(=O)Cn1cc(-c2nc(C3(c4ccc(Cl)nc4)CCC3)no2)cn1. The van der Waals surface area contributed by atoms with E-state index in [-0.39, 0.29) is 17.9 Å². The van der Waals surface area contributed by atoms with E-state index >= 15 is 0 Å². The van der Waals surface area contributed by atoms with E-state index in [1.165, 1.54) is 4.68 Å². The van der Waals surface area contributed by atoms with E-state index in [2.05, 4.69) is 25.5 Å². The van der Waals surface area contributed by atoms with Crippen LogP contribution in [0.4, 0.5) is 0 Å². The minimum atomic E-state index is -0.280. The Balaban J connectivity index is 1.61. The molecule has 3 aromatic heterocycles. The quantitative estimate of drug-likeness (QED) is 0.689.